The molecule has 0 aliphatic rings. The van der Waals surface area contributed by atoms with E-state index in [1.807, 2.05) is 0 Å². The SMILES string of the molecule is CC(C)S(=O)O.CC(C)S(=O)O.[Zn]. The van der Waals surface area contributed by atoms with Crippen molar-refractivity contribution in [3.05, 3.63) is 0 Å². The maximum absolute atomic E-state index is 9.81. The van der Waals surface area contributed by atoms with Crippen LogP contribution in [0.25, 0.3) is 0 Å². The van der Waals surface area contributed by atoms with Crippen LogP contribution in [0.5, 0.6) is 0 Å². The monoisotopic (exact) mass is 280 g/mol. The van der Waals surface area contributed by atoms with Crippen molar-refractivity contribution >= 4 is 22.2 Å². The topological polar surface area (TPSA) is 74.6 Å². The van der Waals surface area contributed by atoms with E-state index in [-0.39, 0.29) is 30.0 Å². The molecule has 2 N–H and O–H groups in total. The zero-order valence-electron chi connectivity index (χ0n) is 8.39. The molecule has 0 aromatic carbocycles. The average molecular weight is 282 g/mol. The third kappa shape index (κ3) is 19.3. The van der Waals surface area contributed by atoms with Crippen molar-refractivity contribution in [2.45, 2.75) is 38.2 Å². The number of hydrogen-bond acceptors (Lipinski definition) is 2. The van der Waals surface area contributed by atoms with Crippen LogP contribution < -0.4 is 0 Å². The fraction of sp³-hybridized carbons (Fsp3) is 1.00. The molecule has 4 nitrogen and oxygen atoms in total. The first kappa shape index (κ1) is 19.4. The van der Waals surface area contributed by atoms with Gasteiger partial charge in [0.1, 0.15) is 0 Å². The van der Waals surface area contributed by atoms with Crippen LogP contribution in [0.4, 0.5) is 0 Å². The van der Waals surface area contributed by atoms with Crippen molar-refractivity contribution in [3.63, 3.8) is 0 Å². The summed E-state index contributed by atoms with van der Waals surface area (Å²) < 4.78 is 35.8. The molecule has 0 saturated carbocycles. The van der Waals surface area contributed by atoms with E-state index in [9.17, 15) is 8.42 Å². The Morgan fingerprint density at radius 2 is 0.923 bits per heavy atom. The smallest absolute Gasteiger partial charge is 0.155 e. The summed E-state index contributed by atoms with van der Waals surface area (Å²) in [5, 5.41) is -0.241. The third-order valence-electron chi connectivity index (χ3n) is 0.807. The minimum Gasteiger partial charge on any atom is -0.306 e. The molecule has 0 radical (unpaired) electrons. The van der Waals surface area contributed by atoms with E-state index in [1.165, 1.54) is 0 Å². The molecule has 2 unspecified atom stereocenters. The van der Waals surface area contributed by atoms with Crippen LogP contribution in [0.3, 0.4) is 0 Å². The van der Waals surface area contributed by atoms with Crippen LogP contribution in [0, 0.1) is 0 Å². The van der Waals surface area contributed by atoms with Gasteiger partial charge < -0.3 is 9.11 Å². The standard InChI is InChI=1S/2C3H8O2S.Zn/c2*1-3(2)6(4)5;/h2*3H,1-2H3,(H,4,5);. The molecule has 0 fully saturated rings. The molecule has 2 atom stereocenters. The molecular weight excluding hydrogens is 266 g/mol. The third-order valence-corrected chi connectivity index (χ3v) is 2.42. The van der Waals surface area contributed by atoms with Crippen LogP contribution in [-0.2, 0) is 41.6 Å². The Kier molecular flexibility index (Phi) is 16.3. The Labute approximate surface area is 97.2 Å². The summed E-state index contributed by atoms with van der Waals surface area (Å²) in [6.45, 7) is 6.76. The Morgan fingerprint density at radius 1 is 0.846 bits per heavy atom. The molecule has 0 bridgehead atoms. The van der Waals surface area contributed by atoms with Gasteiger partial charge in [-0.3, -0.25) is 0 Å². The summed E-state index contributed by atoms with van der Waals surface area (Å²) in [7, 11) is 0. The van der Waals surface area contributed by atoms with Gasteiger partial charge in [-0.1, -0.05) is 0 Å². The van der Waals surface area contributed by atoms with Crippen molar-refractivity contribution in [3.8, 4) is 0 Å². The van der Waals surface area contributed by atoms with Gasteiger partial charge in [0.2, 0.25) is 0 Å². The molecule has 0 amide bonds. The predicted octanol–water partition coefficient (Wildman–Crippen LogP) is 1.23. The van der Waals surface area contributed by atoms with E-state index in [4.69, 9.17) is 9.11 Å². The van der Waals surface area contributed by atoms with Gasteiger partial charge in [-0.05, 0) is 27.7 Å². The van der Waals surface area contributed by atoms with E-state index < -0.39 is 22.2 Å². The molecule has 0 aliphatic carbocycles. The zero-order chi connectivity index (χ0) is 10.3. The number of hydrogen-bond donors (Lipinski definition) is 2. The molecule has 0 aromatic rings. The van der Waals surface area contributed by atoms with Gasteiger partial charge >= 0.3 is 0 Å². The fourth-order valence-corrected chi connectivity index (χ4v) is 0. The molecule has 0 saturated heterocycles. The molecular formula is C6H16O4S2Zn. The van der Waals surface area contributed by atoms with Crippen molar-refractivity contribution in [2.75, 3.05) is 0 Å². The number of rotatable bonds is 2. The van der Waals surface area contributed by atoms with Crippen molar-refractivity contribution in [1.29, 1.82) is 0 Å². The van der Waals surface area contributed by atoms with Gasteiger partial charge in [0.05, 0.1) is 10.5 Å². The predicted molar refractivity (Wildman–Crippen MR) is 51.8 cm³/mol. The Hall–Kier alpha value is 0.843. The van der Waals surface area contributed by atoms with E-state index in [0.29, 0.717) is 0 Å². The molecule has 0 rings (SSSR count). The van der Waals surface area contributed by atoms with E-state index in [1.54, 1.807) is 27.7 Å². The summed E-state index contributed by atoms with van der Waals surface area (Å²) in [5.41, 5.74) is 0. The van der Waals surface area contributed by atoms with Gasteiger partial charge in [-0.15, -0.1) is 0 Å². The van der Waals surface area contributed by atoms with E-state index >= 15 is 0 Å². The van der Waals surface area contributed by atoms with Gasteiger partial charge in [0, 0.05) is 19.5 Å². The van der Waals surface area contributed by atoms with Crippen molar-refractivity contribution in [2.24, 2.45) is 0 Å². The molecule has 13 heavy (non-hydrogen) atoms. The first-order valence-electron chi connectivity index (χ1n) is 3.48. The van der Waals surface area contributed by atoms with Crippen LogP contribution in [0.15, 0.2) is 0 Å². The molecule has 0 aliphatic heterocycles. The van der Waals surface area contributed by atoms with Crippen molar-refractivity contribution in [1.82, 2.24) is 0 Å². The van der Waals surface area contributed by atoms with Crippen LogP contribution in [-0.4, -0.2) is 28.0 Å². The van der Waals surface area contributed by atoms with Crippen molar-refractivity contribution < 1.29 is 37.0 Å². The Morgan fingerprint density at radius 3 is 0.923 bits per heavy atom. The normalized spacial score (nSPS) is 14.2. The maximum atomic E-state index is 9.81. The summed E-state index contributed by atoms with van der Waals surface area (Å²) in [4.78, 5) is 0. The largest absolute Gasteiger partial charge is 0.306 e. The minimum atomic E-state index is -1.62. The quantitative estimate of drug-likeness (QED) is 0.590. The average Bonchev–Trinajstić information content (AvgIpc) is 1.88. The molecule has 0 heterocycles. The second-order valence-corrected chi connectivity index (χ2v) is 5.64. The minimum absolute atomic E-state index is 0. The first-order chi connectivity index (χ1) is 5.29. The molecule has 78 valence electrons. The van der Waals surface area contributed by atoms with Gasteiger partial charge in [-0.25, -0.2) is 8.42 Å². The molecule has 7 heteroatoms. The Balaban J connectivity index is -0.000000143. The zero-order valence-corrected chi connectivity index (χ0v) is 13.0. The Bertz CT molecular complexity index is 143. The van der Waals surface area contributed by atoms with E-state index in [2.05, 4.69) is 0 Å². The fourth-order valence-electron chi connectivity index (χ4n) is 0. The van der Waals surface area contributed by atoms with Gasteiger partial charge in [0.15, 0.2) is 22.2 Å². The second-order valence-electron chi connectivity index (χ2n) is 2.65. The van der Waals surface area contributed by atoms with Gasteiger partial charge in [-0.2, -0.15) is 0 Å². The van der Waals surface area contributed by atoms with Crippen LogP contribution >= 0.6 is 0 Å². The second kappa shape index (κ2) is 10.9. The van der Waals surface area contributed by atoms with E-state index in [0.717, 1.165) is 0 Å². The van der Waals surface area contributed by atoms with Gasteiger partial charge in [0.25, 0.3) is 0 Å². The summed E-state index contributed by atoms with van der Waals surface area (Å²) in [6.07, 6.45) is 0. The first-order valence-corrected chi connectivity index (χ1v) is 5.82. The van der Waals surface area contributed by atoms with Crippen LogP contribution in [0.2, 0.25) is 0 Å². The summed E-state index contributed by atoms with van der Waals surface area (Å²) in [6, 6.07) is 0. The summed E-state index contributed by atoms with van der Waals surface area (Å²) >= 11 is -3.23. The maximum Gasteiger partial charge on any atom is 0.155 e. The molecule has 0 aromatic heterocycles. The van der Waals surface area contributed by atoms with Crippen LogP contribution in [0.1, 0.15) is 27.7 Å². The molecule has 0 spiro atoms. The summed E-state index contributed by atoms with van der Waals surface area (Å²) in [5.74, 6) is 0.